The van der Waals surface area contributed by atoms with E-state index in [2.05, 4.69) is 16.9 Å². The van der Waals surface area contributed by atoms with Crippen molar-refractivity contribution in [3.63, 3.8) is 0 Å². The first-order valence-electron chi connectivity index (χ1n) is 7.29. The fourth-order valence-corrected chi connectivity index (χ4v) is 2.47. The Hall–Kier alpha value is -2.29. The average molecular weight is 361 g/mol. The second-order valence-electron chi connectivity index (χ2n) is 5.67. The van der Waals surface area contributed by atoms with Gasteiger partial charge in [0.25, 0.3) is 0 Å². The molecule has 1 heterocycles. The van der Waals surface area contributed by atoms with Gasteiger partial charge in [-0.15, -0.1) is 11.7 Å². The van der Waals surface area contributed by atoms with Gasteiger partial charge in [-0.05, 0) is 19.1 Å². The lowest BCUT2D eigenvalue weighted by molar-refractivity contribution is -0.281. The number of hydrogen-bond donors (Lipinski definition) is 1. The van der Waals surface area contributed by atoms with Gasteiger partial charge in [0.15, 0.2) is 0 Å². The van der Waals surface area contributed by atoms with E-state index in [0.717, 1.165) is 29.8 Å². The fraction of sp³-hybridized carbons (Fsp3) is 0.375. The van der Waals surface area contributed by atoms with Crippen LogP contribution < -0.4 is 0 Å². The molecule has 0 fully saturated rings. The zero-order valence-electron chi connectivity index (χ0n) is 13.5. The molecule has 1 aromatic carbocycles. The first-order valence-corrected chi connectivity index (χ1v) is 7.29. The van der Waals surface area contributed by atoms with Crippen LogP contribution in [0.4, 0.5) is 22.0 Å². The Balaban J connectivity index is 2.52. The van der Waals surface area contributed by atoms with E-state index < -0.39 is 41.6 Å². The highest BCUT2D eigenvalue weighted by Crippen LogP contribution is 2.45. The summed E-state index contributed by atoms with van der Waals surface area (Å²) in [5.74, 6) is -3.13. The van der Waals surface area contributed by atoms with Crippen LogP contribution in [0.5, 0.6) is 0 Å². The highest BCUT2D eigenvalue weighted by atomic mass is 19.4. The molecule has 25 heavy (non-hydrogen) atoms. The molecule has 0 aliphatic carbocycles. The summed E-state index contributed by atoms with van der Waals surface area (Å²) >= 11 is 0. The van der Waals surface area contributed by atoms with Crippen molar-refractivity contribution in [1.29, 1.82) is 0 Å². The van der Waals surface area contributed by atoms with Crippen molar-refractivity contribution in [2.45, 2.75) is 32.2 Å². The van der Waals surface area contributed by atoms with Crippen molar-refractivity contribution in [2.24, 2.45) is 5.92 Å². The van der Waals surface area contributed by atoms with Gasteiger partial charge < -0.3 is 5.11 Å². The summed E-state index contributed by atoms with van der Waals surface area (Å²) < 4.78 is 68.8. The van der Waals surface area contributed by atoms with Gasteiger partial charge in [0.05, 0.1) is 12.2 Å². The fourth-order valence-electron chi connectivity index (χ4n) is 2.47. The van der Waals surface area contributed by atoms with Crippen LogP contribution in [-0.4, -0.2) is 26.3 Å². The molecule has 136 valence electrons. The maximum Gasteiger partial charge on any atom is 0.423 e. The van der Waals surface area contributed by atoms with Crippen LogP contribution in [0, 0.1) is 24.5 Å². The van der Waals surface area contributed by atoms with Gasteiger partial charge in [0, 0.05) is 11.5 Å². The zero-order chi connectivity index (χ0) is 19.0. The number of alkyl halides is 3. The molecule has 0 aliphatic heterocycles. The van der Waals surface area contributed by atoms with Crippen molar-refractivity contribution in [2.75, 3.05) is 0 Å². The first kappa shape index (κ1) is 19.0. The molecule has 2 unspecified atom stereocenters. The van der Waals surface area contributed by atoms with Gasteiger partial charge in [-0.3, -0.25) is 0 Å². The smallest absolute Gasteiger partial charge is 0.375 e. The molecule has 2 aromatic rings. The Bertz CT molecular complexity index is 766. The predicted octanol–water partition coefficient (Wildman–Crippen LogP) is 3.49. The maximum absolute atomic E-state index is 13.7. The van der Waals surface area contributed by atoms with E-state index in [1.807, 2.05) is 0 Å². The number of benzene rings is 1. The zero-order valence-corrected chi connectivity index (χ0v) is 13.5. The lowest BCUT2D eigenvalue weighted by atomic mass is 9.84. The molecule has 0 bridgehead atoms. The Morgan fingerprint density at radius 2 is 1.84 bits per heavy atom. The van der Waals surface area contributed by atoms with Gasteiger partial charge in [0.1, 0.15) is 17.3 Å². The molecular formula is C16H16F5N3O. The molecule has 4 nitrogen and oxygen atoms in total. The van der Waals surface area contributed by atoms with E-state index in [-0.39, 0.29) is 11.3 Å². The van der Waals surface area contributed by atoms with Crippen molar-refractivity contribution < 1.29 is 27.1 Å². The summed E-state index contributed by atoms with van der Waals surface area (Å²) in [6.07, 6.45) is -4.10. The SMILES string of the molecule is C=CC(C)C(O)(c1nnn(Cc2c(F)cccc2F)c1C)C(F)(F)F. The highest BCUT2D eigenvalue weighted by Gasteiger charge is 2.60. The molecule has 9 heteroatoms. The molecule has 0 aliphatic rings. The third-order valence-electron chi connectivity index (χ3n) is 4.16. The first-order chi connectivity index (χ1) is 11.5. The molecule has 0 radical (unpaired) electrons. The molecule has 1 aromatic heterocycles. The lowest BCUT2D eigenvalue weighted by Gasteiger charge is -2.33. The van der Waals surface area contributed by atoms with Gasteiger partial charge >= 0.3 is 6.18 Å². The van der Waals surface area contributed by atoms with Crippen LogP contribution in [0.2, 0.25) is 0 Å². The van der Waals surface area contributed by atoms with E-state index in [1.165, 1.54) is 13.0 Å². The lowest BCUT2D eigenvalue weighted by Crippen LogP contribution is -2.48. The Kier molecular flexibility index (Phi) is 4.99. The van der Waals surface area contributed by atoms with E-state index in [1.54, 1.807) is 0 Å². The summed E-state index contributed by atoms with van der Waals surface area (Å²) in [6.45, 7) is 5.19. The van der Waals surface area contributed by atoms with E-state index in [4.69, 9.17) is 0 Å². The molecule has 0 amide bonds. The third-order valence-corrected chi connectivity index (χ3v) is 4.16. The molecule has 2 atom stereocenters. The second kappa shape index (κ2) is 6.55. The van der Waals surface area contributed by atoms with Crippen LogP contribution in [0.1, 0.15) is 23.9 Å². The second-order valence-corrected chi connectivity index (χ2v) is 5.67. The van der Waals surface area contributed by atoms with Crippen LogP contribution >= 0.6 is 0 Å². The van der Waals surface area contributed by atoms with Gasteiger partial charge in [0.2, 0.25) is 5.60 Å². The average Bonchev–Trinajstić information content (AvgIpc) is 2.89. The minimum atomic E-state index is -5.05. The number of aromatic nitrogens is 3. The molecule has 0 spiro atoms. The van der Waals surface area contributed by atoms with Crippen LogP contribution in [0.15, 0.2) is 30.9 Å². The summed E-state index contributed by atoms with van der Waals surface area (Å²) in [5, 5.41) is 17.3. The van der Waals surface area contributed by atoms with Crippen molar-refractivity contribution in [3.8, 4) is 0 Å². The molecule has 1 N–H and O–H groups in total. The van der Waals surface area contributed by atoms with Crippen LogP contribution in [0.3, 0.4) is 0 Å². The van der Waals surface area contributed by atoms with Gasteiger partial charge in [-0.1, -0.05) is 24.3 Å². The number of rotatable bonds is 5. The minimum absolute atomic E-state index is 0.156. The predicted molar refractivity (Wildman–Crippen MR) is 79.5 cm³/mol. The molecule has 2 rings (SSSR count). The largest absolute Gasteiger partial charge is 0.423 e. The Labute approximate surface area is 140 Å². The van der Waals surface area contributed by atoms with Crippen molar-refractivity contribution >= 4 is 0 Å². The van der Waals surface area contributed by atoms with E-state index in [9.17, 15) is 27.1 Å². The van der Waals surface area contributed by atoms with Crippen LogP contribution in [0.25, 0.3) is 0 Å². The van der Waals surface area contributed by atoms with Gasteiger partial charge in [-0.2, -0.15) is 13.2 Å². The summed E-state index contributed by atoms with van der Waals surface area (Å²) in [6, 6.07) is 3.22. The number of hydrogen-bond acceptors (Lipinski definition) is 3. The summed E-state index contributed by atoms with van der Waals surface area (Å²) in [5.41, 5.74) is -4.57. The van der Waals surface area contributed by atoms with Crippen molar-refractivity contribution in [1.82, 2.24) is 15.0 Å². The number of nitrogens with zero attached hydrogens (tertiary/aromatic N) is 3. The molecular weight excluding hydrogens is 345 g/mol. The van der Waals surface area contributed by atoms with E-state index >= 15 is 0 Å². The van der Waals surface area contributed by atoms with Crippen molar-refractivity contribution in [3.05, 3.63) is 59.4 Å². The summed E-state index contributed by atoms with van der Waals surface area (Å²) in [4.78, 5) is 0. The van der Waals surface area contributed by atoms with Crippen LogP contribution in [-0.2, 0) is 12.1 Å². The number of halogens is 5. The Morgan fingerprint density at radius 3 is 2.32 bits per heavy atom. The molecule has 0 saturated heterocycles. The number of aliphatic hydroxyl groups is 1. The quantitative estimate of drug-likeness (QED) is 0.655. The summed E-state index contributed by atoms with van der Waals surface area (Å²) in [7, 11) is 0. The standard InChI is InChI=1S/C16H16F5N3O/c1-4-9(2)15(25,16(19,20)21)14-10(3)24(23-22-14)8-11-12(17)6-5-7-13(11)18/h4-7,9,25H,1,8H2,2-3H3. The highest BCUT2D eigenvalue weighted by molar-refractivity contribution is 5.25. The maximum atomic E-state index is 13.7. The normalized spacial score (nSPS) is 15.7. The Morgan fingerprint density at radius 1 is 1.28 bits per heavy atom. The third kappa shape index (κ3) is 3.15. The topological polar surface area (TPSA) is 50.9 Å². The van der Waals surface area contributed by atoms with Gasteiger partial charge in [-0.25, -0.2) is 13.5 Å². The molecule has 0 saturated carbocycles. The van der Waals surface area contributed by atoms with E-state index in [0.29, 0.717) is 0 Å². The minimum Gasteiger partial charge on any atom is -0.375 e. The monoisotopic (exact) mass is 361 g/mol.